The van der Waals surface area contributed by atoms with Crippen LogP contribution in [0.15, 0.2) is 54.6 Å². The smallest absolute Gasteiger partial charge is 0.169 e. The van der Waals surface area contributed by atoms with Crippen LogP contribution in [-0.2, 0) is 16.0 Å². The first kappa shape index (κ1) is 14.7. The maximum absolute atomic E-state index is 5.13. The first-order chi connectivity index (χ1) is 9.83. The lowest BCUT2D eigenvalue weighted by atomic mass is 10.0. The summed E-state index contributed by atoms with van der Waals surface area (Å²) in [6.07, 6.45) is -0.196. The average Bonchev–Trinajstić information content (AvgIpc) is 2.53. The molecule has 1 N–H and O–H groups in total. The van der Waals surface area contributed by atoms with E-state index in [2.05, 4.69) is 53.8 Å². The van der Waals surface area contributed by atoms with Gasteiger partial charge in [0.15, 0.2) is 6.29 Å². The van der Waals surface area contributed by atoms with Crippen LogP contribution in [0, 0.1) is 0 Å². The number of rotatable bonds is 7. The second kappa shape index (κ2) is 7.80. The minimum Gasteiger partial charge on any atom is -0.355 e. The molecule has 0 atom stereocenters. The van der Waals surface area contributed by atoms with Gasteiger partial charge in [-0.2, -0.15) is 0 Å². The summed E-state index contributed by atoms with van der Waals surface area (Å²) < 4.78 is 10.3. The SMILES string of the molecule is COC(CNCc1ccc(-c2ccccc2)cc1)OC. The standard InChI is InChI=1S/C17H21NO2/c1-19-17(20-2)13-18-12-14-8-10-16(11-9-14)15-6-4-3-5-7-15/h3-11,17-18H,12-13H2,1-2H3. The van der Waals surface area contributed by atoms with Gasteiger partial charge in [-0.25, -0.2) is 0 Å². The Labute approximate surface area is 120 Å². The number of ether oxygens (including phenoxy) is 2. The molecule has 0 spiro atoms. The lowest BCUT2D eigenvalue weighted by Gasteiger charge is -2.14. The fraction of sp³-hybridized carbons (Fsp3) is 0.294. The van der Waals surface area contributed by atoms with Crippen LogP contribution in [0.5, 0.6) is 0 Å². The number of benzene rings is 2. The van der Waals surface area contributed by atoms with E-state index in [1.165, 1.54) is 16.7 Å². The lowest BCUT2D eigenvalue weighted by Crippen LogP contribution is -2.29. The molecule has 20 heavy (non-hydrogen) atoms. The van der Waals surface area contributed by atoms with Crippen molar-refractivity contribution in [1.29, 1.82) is 0 Å². The molecule has 0 unspecified atom stereocenters. The molecule has 0 heterocycles. The van der Waals surface area contributed by atoms with Gasteiger partial charge in [0.05, 0.1) is 0 Å². The fourth-order valence-electron chi connectivity index (χ4n) is 2.04. The Morgan fingerprint density at radius 2 is 1.45 bits per heavy atom. The van der Waals surface area contributed by atoms with Crippen molar-refractivity contribution in [3.63, 3.8) is 0 Å². The summed E-state index contributed by atoms with van der Waals surface area (Å²) in [4.78, 5) is 0. The van der Waals surface area contributed by atoms with Crippen LogP contribution in [0.4, 0.5) is 0 Å². The van der Waals surface area contributed by atoms with Crippen LogP contribution in [0.3, 0.4) is 0 Å². The van der Waals surface area contributed by atoms with Gasteiger partial charge in [-0.15, -0.1) is 0 Å². The van der Waals surface area contributed by atoms with E-state index in [-0.39, 0.29) is 6.29 Å². The number of hydrogen-bond donors (Lipinski definition) is 1. The Bertz CT molecular complexity index is 492. The molecule has 0 saturated heterocycles. The molecule has 0 aromatic heterocycles. The van der Waals surface area contributed by atoms with Gasteiger partial charge in [0.2, 0.25) is 0 Å². The van der Waals surface area contributed by atoms with E-state index in [4.69, 9.17) is 9.47 Å². The maximum Gasteiger partial charge on any atom is 0.169 e. The Hall–Kier alpha value is -1.68. The van der Waals surface area contributed by atoms with Crippen molar-refractivity contribution < 1.29 is 9.47 Å². The third-order valence-corrected chi connectivity index (χ3v) is 3.23. The minimum absolute atomic E-state index is 0.196. The van der Waals surface area contributed by atoms with Gasteiger partial charge in [-0.1, -0.05) is 54.6 Å². The molecular weight excluding hydrogens is 250 g/mol. The van der Waals surface area contributed by atoms with Gasteiger partial charge in [0.1, 0.15) is 0 Å². The first-order valence-electron chi connectivity index (χ1n) is 6.74. The largest absolute Gasteiger partial charge is 0.355 e. The zero-order valence-corrected chi connectivity index (χ0v) is 12.0. The second-order valence-electron chi connectivity index (χ2n) is 4.59. The van der Waals surface area contributed by atoms with E-state index in [0.29, 0.717) is 6.54 Å². The third-order valence-electron chi connectivity index (χ3n) is 3.23. The fourth-order valence-corrected chi connectivity index (χ4v) is 2.04. The summed E-state index contributed by atoms with van der Waals surface area (Å²) in [6.45, 7) is 1.48. The van der Waals surface area contributed by atoms with Gasteiger partial charge in [-0.3, -0.25) is 0 Å². The molecule has 106 valence electrons. The summed E-state index contributed by atoms with van der Waals surface area (Å²) in [7, 11) is 3.29. The number of hydrogen-bond acceptors (Lipinski definition) is 3. The Morgan fingerprint density at radius 1 is 0.850 bits per heavy atom. The molecule has 0 saturated carbocycles. The molecule has 0 amide bonds. The molecule has 3 nitrogen and oxygen atoms in total. The predicted molar refractivity (Wildman–Crippen MR) is 81.4 cm³/mol. The normalized spacial score (nSPS) is 10.9. The van der Waals surface area contributed by atoms with Gasteiger partial charge >= 0.3 is 0 Å². The van der Waals surface area contributed by atoms with Crippen molar-refractivity contribution in [2.24, 2.45) is 0 Å². The van der Waals surface area contributed by atoms with Crippen LogP contribution < -0.4 is 5.32 Å². The number of methoxy groups -OCH3 is 2. The molecule has 0 aliphatic heterocycles. The van der Waals surface area contributed by atoms with Crippen molar-refractivity contribution in [3.8, 4) is 11.1 Å². The third kappa shape index (κ3) is 4.17. The highest BCUT2D eigenvalue weighted by atomic mass is 16.7. The zero-order chi connectivity index (χ0) is 14.2. The second-order valence-corrected chi connectivity index (χ2v) is 4.59. The Balaban J connectivity index is 1.89. The van der Waals surface area contributed by atoms with Crippen LogP contribution >= 0.6 is 0 Å². The zero-order valence-electron chi connectivity index (χ0n) is 12.0. The van der Waals surface area contributed by atoms with Crippen LogP contribution in [0.2, 0.25) is 0 Å². The monoisotopic (exact) mass is 271 g/mol. The Morgan fingerprint density at radius 3 is 2.05 bits per heavy atom. The van der Waals surface area contributed by atoms with Crippen molar-refractivity contribution >= 4 is 0 Å². The van der Waals surface area contributed by atoms with E-state index in [1.807, 2.05) is 6.07 Å². The maximum atomic E-state index is 5.13. The highest BCUT2D eigenvalue weighted by Gasteiger charge is 2.03. The van der Waals surface area contributed by atoms with Crippen LogP contribution in [0.1, 0.15) is 5.56 Å². The Kier molecular flexibility index (Phi) is 5.74. The van der Waals surface area contributed by atoms with Gasteiger partial charge in [-0.05, 0) is 16.7 Å². The average molecular weight is 271 g/mol. The molecular formula is C17H21NO2. The number of nitrogens with one attached hydrogen (secondary N) is 1. The van der Waals surface area contributed by atoms with Crippen molar-refractivity contribution in [2.75, 3.05) is 20.8 Å². The van der Waals surface area contributed by atoms with E-state index in [1.54, 1.807) is 14.2 Å². The lowest BCUT2D eigenvalue weighted by molar-refractivity contribution is -0.0989. The topological polar surface area (TPSA) is 30.5 Å². The van der Waals surface area contributed by atoms with Crippen molar-refractivity contribution in [3.05, 3.63) is 60.2 Å². The summed E-state index contributed by atoms with van der Waals surface area (Å²) in [5.74, 6) is 0. The molecule has 2 rings (SSSR count). The predicted octanol–water partition coefficient (Wildman–Crippen LogP) is 3.06. The van der Waals surface area contributed by atoms with Gasteiger partial charge in [0, 0.05) is 27.3 Å². The molecule has 3 heteroatoms. The van der Waals surface area contributed by atoms with E-state index < -0.39 is 0 Å². The van der Waals surface area contributed by atoms with Crippen molar-refractivity contribution in [1.82, 2.24) is 5.32 Å². The molecule has 0 radical (unpaired) electrons. The summed E-state index contributed by atoms with van der Waals surface area (Å²) in [6, 6.07) is 19.0. The summed E-state index contributed by atoms with van der Waals surface area (Å²) >= 11 is 0. The minimum atomic E-state index is -0.196. The van der Waals surface area contributed by atoms with Gasteiger partial charge in [0.25, 0.3) is 0 Å². The molecule has 2 aromatic rings. The first-order valence-corrected chi connectivity index (χ1v) is 6.74. The molecule has 0 aliphatic carbocycles. The van der Waals surface area contributed by atoms with Crippen molar-refractivity contribution in [2.45, 2.75) is 12.8 Å². The molecule has 0 bridgehead atoms. The van der Waals surface area contributed by atoms with E-state index in [0.717, 1.165) is 6.54 Å². The molecule has 0 fully saturated rings. The van der Waals surface area contributed by atoms with E-state index >= 15 is 0 Å². The van der Waals surface area contributed by atoms with Gasteiger partial charge < -0.3 is 14.8 Å². The quantitative estimate of drug-likeness (QED) is 0.785. The molecule has 0 aliphatic rings. The highest BCUT2D eigenvalue weighted by Crippen LogP contribution is 2.19. The highest BCUT2D eigenvalue weighted by molar-refractivity contribution is 5.63. The summed E-state index contributed by atoms with van der Waals surface area (Å²) in [5, 5.41) is 3.31. The summed E-state index contributed by atoms with van der Waals surface area (Å²) in [5.41, 5.74) is 3.72. The molecule has 2 aromatic carbocycles. The van der Waals surface area contributed by atoms with E-state index in [9.17, 15) is 0 Å². The van der Waals surface area contributed by atoms with Crippen LogP contribution in [-0.4, -0.2) is 27.1 Å². The van der Waals surface area contributed by atoms with Crippen LogP contribution in [0.25, 0.3) is 11.1 Å².